The number of methoxy groups -OCH3 is 2. The summed E-state index contributed by atoms with van der Waals surface area (Å²) in [7, 11) is 3.07. The minimum Gasteiger partial charge on any atom is -0.497 e. The van der Waals surface area contributed by atoms with E-state index < -0.39 is 0 Å². The first kappa shape index (κ1) is 15.6. The van der Waals surface area contributed by atoms with E-state index in [2.05, 4.69) is 10.5 Å². The van der Waals surface area contributed by atoms with Crippen LogP contribution in [0, 0.1) is 0 Å². The number of nitrogens with one attached hydrogen (secondary N) is 1. The first-order valence-corrected chi connectivity index (χ1v) is 6.77. The summed E-state index contributed by atoms with van der Waals surface area (Å²) >= 11 is 0. The molecule has 2 aromatic rings. The fourth-order valence-corrected chi connectivity index (χ4v) is 1.88. The number of carbonyl (C=O) groups excluding carboxylic acids is 1. The van der Waals surface area contributed by atoms with E-state index in [1.807, 2.05) is 37.3 Å². The van der Waals surface area contributed by atoms with Crippen molar-refractivity contribution in [2.75, 3.05) is 14.2 Å². The molecule has 0 radical (unpaired) electrons. The predicted molar refractivity (Wildman–Crippen MR) is 85.7 cm³/mol. The van der Waals surface area contributed by atoms with E-state index in [1.54, 1.807) is 18.2 Å². The Balaban J connectivity index is 2.15. The van der Waals surface area contributed by atoms with E-state index in [0.717, 1.165) is 11.3 Å². The average molecular weight is 298 g/mol. The maximum atomic E-state index is 12.2. The van der Waals surface area contributed by atoms with Gasteiger partial charge in [-0.15, -0.1) is 0 Å². The molecule has 0 aliphatic heterocycles. The van der Waals surface area contributed by atoms with E-state index in [9.17, 15) is 4.79 Å². The fraction of sp³-hybridized carbons (Fsp3) is 0.176. The van der Waals surface area contributed by atoms with Crippen LogP contribution in [0.4, 0.5) is 0 Å². The smallest absolute Gasteiger partial charge is 0.271 e. The molecule has 1 N–H and O–H groups in total. The second kappa shape index (κ2) is 7.26. The van der Waals surface area contributed by atoms with Crippen molar-refractivity contribution in [3.8, 4) is 11.5 Å². The number of hydrogen-bond donors (Lipinski definition) is 1. The molecule has 0 aliphatic rings. The van der Waals surface area contributed by atoms with Crippen LogP contribution in [0.5, 0.6) is 11.5 Å². The Labute approximate surface area is 129 Å². The van der Waals surface area contributed by atoms with Gasteiger partial charge in [0.05, 0.1) is 19.9 Å². The molecule has 5 heteroatoms. The summed E-state index contributed by atoms with van der Waals surface area (Å²) in [5.74, 6) is 0.772. The minimum absolute atomic E-state index is 0.326. The van der Waals surface area contributed by atoms with E-state index in [4.69, 9.17) is 9.47 Å². The van der Waals surface area contributed by atoms with Gasteiger partial charge in [0.2, 0.25) is 0 Å². The SMILES string of the molecule is COc1cc(OC)cc(C(=O)N/N=C(/C)c2ccccc2)c1. The summed E-state index contributed by atoms with van der Waals surface area (Å²) < 4.78 is 10.3. The van der Waals surface area contributed by atoms with E-state index in [0.29, 0.717) is 17.1 Å². The Morgan fingerprint density at radius 3 is 2.09 bits per heavy atom. The average Bonchev–Trinajstić information content (AvgIpc) is 2.59. The van der Waals surface area contributed by atoms with Crippen molar-refractivity contribution < 1.29 is 14.3 Å². The van der Waals surface area contributed by atoms with Gasteiger partial charge in [0.25, 0.3) is 5.91 Å². The Hall–Kier alpha value is -2.82. The van der Waals surface area contributed by atoms with Gasteiger partial charge in [-0.05, 0) is 24.6 Å². The third kappa shape index (κ3) is 3.85. The third-order valence-corrected chi connectivity index (χ3v) is 3.13. The first-order valence-electron chi connectivity index (χ1n) is 6.77. The number of nitrogens with zero attached hydrogens (tertiary/aromatic N) is 1. The molecule has 2 rings (SSSR count). The summed E-state index contributed by atoms with van der Waals surface area (Å²) in [6.45, 7) is 1.84. The zero-order chi connectivity index (χ0) is 15.9. The molecular formula is C17H18N2O3. The number of benzene rings is 2. The number of rotatable bonds is 5. The Morgan fingerprint density at radius 2 is 1.55 bits per heavy atom. The van der Waals surface area contributed by atoms with Crippen LogP contribution in [0.2, 0.25) is 0 Å². The van der Waals surface area contributed by atoms with Gasteiger partial charge in [0.1, 0.15) is 11.5 Å². The van der Waals surface area contributed by atoms with Crippen molar-refractivity contribution in [2.45, 2.75) is 6.92 Å². The third-order valence-electron chi connectivity index (χ3n) is 3.13. The van der Waals surface area contributed by atoms with Crippen molar-refractivity contribution in [2.24, 2.45) is 5.10 Å². The van der Waals surface area contributed by atoms with Gasteiger partial charge in [-0.25, -0.2) is 5.43 Å². The van der Waals surface area contributed by atoms with Crippen LogP contribution in [0.15, 0.2) is 53.6 Å². The van der Waals surface area contributed by atoms with Gasteiger partial charge in [-0.2, -0.15) is 5.10 Å². The zero-order valence-electron chi connectivity index (χ0n) is 12.8. The quantitative estimate of drug-likeness (QED) is 0.682. The van der Waals surface area contributed by atoms with E-state index >= 15 is 0 Å². The van der Waals surface area contributed by atoms with Crippen molar-refractivity contribution >= 4 is 11.6 Å². The summed E-state index contributed by atoms with van der Waals surface area (Å²) in [6, 6.07) is 14.6. The van der Waals surface area contributed by atoms with Crippen LogP contribution in [0.1, 0.15) is 22.8 Å². The maximum absolute atomic E-state index is 12.2. The van der Waals surface area contributed by atoms with E-state index in [1.165, 1.54) is 14.2 Å². The molecule has 0 aliphatic carbocycles. The van der Waals surface area contributed by atoms with Crippen LogP contribution >= 0.6 is 0 Å². The van der Waals surface area contributed by atoms with Crippen molar-refractivity contribution in [1.82, 2.24) is 5.43 Å². The summed E-state index contributed by atoms with van der Waals surface area (Å²) in [5, 5.41) is 4.12. The number of carbonyl (C=O) groups is 1. The molecule has 22 heavy (non-hydrogen) atoms. The molecule has 0 saturated heterocycles. The van der Waals surface area contributed by atoms with Crippen LogP contribution in [0.25, 0.3) is 0 Å². The molecule has 0 unspecified atom stereocenters. The summed E-state index contributed by atoms with van der Waals surface area (Å²) in [5.41, 5.74) is 4.63. The van der Waals surface area contributed by atoms with Crippen molar-refractivity contribution in [1.29, 1.82) is 0 Å². The summed E-state index contributed by atoms with van der Waals surface area (Å²) in [6.07, 6.45) is 0. The lowest BCUT2D eigenvalue weighted by Crippen LogP contribution is -2.19. The van der Waals surface area contributed by atoms with Crippen molar-refractivity contribution in [3.05, 3.63) is 59.7 Å². The number of hydrazone groups is 1. The number of amides is 1. The topological polar surface area (TPSA) is 59.9 Å². The lowest BCUT2D eigenvalue weighted by Gasteiger charge is -2.08. The van der Waals surface area contributed by atoms with Gasteiger partial charge in [-0.3, -0.25) is 4.79 Å². The standard InChI is InChI=1S/C17H18N2O3/c1-12(13-7-5-4-6-8-13)18-19-17(20)14-9-15(21-2)11-16(10-14)22-3/h4-11H,1-3H3,(H,19,20)/b18-12-. The van der Waals surface area contributed by atoms with Gasteiger partial charge in [-0.1, -0.05) is 30.3 Å². The highest BCUT2D eigenvalue weighted by Crippen LogP contribution is 2.22. The molecule has 5 nitrogen and oxygen atoms in total. The molecule has 0 fully saturated rings. The second-order valence-electron chi connectivity index (χ2n) is 4.61. The Bertz CT molecular complexity index is 659. The maximum Gasteiger partial charge on any atom is 0.271 e. The molecule has 0 spiro atoms. The van der Waals surface area contributed by atoms with Crippen LogP contribution in [-0.4, -0.2) is 25.8 Å². The molecular weight excluding hydrogens is 280 g/mol. The van der Waals surface area contributed by atoms with Gasteiger partial charge in [0.15, 0.2) is 0 Å². The zero-order valence-corrected chi connectivity index (χ0v) is 12.8. The fourth-order valence-electron chi connectivity index (χ4n) is 1.88. The van der Waals surface area contributed by atoms with Crippen LogP contribution in [0.3, 0.4) is 0 Å². The largest absolute Gasteiger partial charge is 0.497 e. The Morgan fingerprint density at radius 1 is 0.955 bits per heavy atom. The molecule has 0 saturated carbocycles. The molecule has 114 valence electrons. The van der Waals surface area contributed by atoms with E-state index in [-0.39, 0.29) is 5.91 Å². The minimum atomic E-state index is -0.326. The molecule has 0 bridgehead atoms. The lowest BCUT2D eigenvalue weighted by atomic mass is 10.1. The first-order chi connectivity index (χ1) is 10.6. The van der Waals surface area contributed by atoms with Gasteiger partial charge >= 0.3 is 0 Å². The monoisotopic (exact) mass is 298 g/mol. The van der Waals surface area contributed by atoms with Gasteiger partial charge in [0, 0.05) is 11.6 Å². The molecule has 0 heterocycles. The van der Waals surface area contributed by atoms with Crippen molar-refractivity contribution in [3.63, 3.8) is 0 Å². The highest BCUT2D eigenvalue weighted by Gasteiger charge is 2.09. The number of ether oxygens (including phenoxy) is 2. The lowest BCUT2D eigenvalue weighted by molar-refractivity contribution is 0.0954. The molecule has 1 amide bonds. The normalized spacial score (nSPS) is 11.0. The molecule has 2 aromatic carbocycles. The molecule has 0 aromatic heterocycles. The Kier molecular flexibility index (Phi) is 5.14. The highest BCUT2D eigenvalue weighted by atomic mass is 16.5. The second-order valence-corrected chi connectivity index (χ2v) is 4.61. The highest BCUT2D eigenvalue weighted by molar-refractivity contribution is 6.01. The summed E-state index contributed by atoms with van der Waals surface area (Å²) in [4.78, 5) is 12.2. The van der Waals surface area contributed by atoms with Crippen LogP contribution < -0.4 is 14.9 Å². The van der Waals surface area contributed by atoms with Gasteiger partial charge < -0.3 is 9.47 Å². The predicted octanol–water partition coefficient (Wildman–Crippen LogP) is 2.86. The number of hydrogen-bond acceptors (Lipinski definition) is 4. The van der Waals surface area contributed by atoms with Crippen LogP contribution in [-0.2, 0) is 0 Å². The molecule has 0 atom stereocenters.